The Labute approximate surface area is 169 Å². The van der Waals surface area contributed by atoms with Crippen LogP contribution < -0.4 is 15.5 Å². The summed E-state index contributed by atoms with van der Waals surface area (Å²) in [6.45, 7) is 0. The third-order valence-corrected chi connectivity index (χ3v) is 4.55. The van der Waals surface area contributed by atoms with Crippen molar-refractivity contribution in [2.24, 2.45) is 0 Å². The lowest BCUT2D eigenvalue weighted by molar-refractivity contribution is 0.102. The van der Waals surface area contributed by atoms with Crippen LogP contribution >= 0.6 is 0 Å². The fourth-order valence-electron chi connectivity index (χ4n) is 3.04. The SMILES string of the molecule is CN(C)c1ccc(NC(=O)c2cncc(Nc3cccc4cccnc34)c2)cc1. The molecule has 0 saturated heterocycles. The average molecular weight is 383 g/mol. The van der Waals surface area contributed by atoms with Crippen molar-refractivity contribution in [2.45, 2.75) is 0 Å². The lowest BCUT2D eigenvalue weighted by Gasteiger charge is -2.13. The summed E-state index contributed by atoms with van der Waals surface area (Å²) in [4.78, 5) is 23.3. The number of rotatable bonds is 5. The third-order valence-electron chi connectivity index (χ3n) is 4.55. The molecule has 2 N–H and O–H groups in total. The fourth-order valence-corrected chi connectivity index (χ4v) is 3.04. The maximum Gasteiger partial charge on any atom is 0.257 e. The minimum Gasteiger partial charge on any atom is -0.378 e. The number of aromatic nitrogens is 2. The smallest absolute Gasteiger partial charge is 0.257 e. The number of hydrogen-bond donors (Lipinski definition) is 2. The molecule has 4 rings (SSSR count). The molecule has 0 aliphatic heterocycles. The number of hydrogen-bond acceptors (Lipinski definition) is 5. The predicted molar refractivity (Wildman–Crippen MR) is 118 cm³/mol. The Morgan fingerprint density at radius 3 is 2.52 bits per heavy atom. The highest BCUT2D eigenvalue weighted by Crippen LogP contribution is 2.25. The van der Waals surface area contributed by atoms with Crippen LogP contribution in [0.3, 0.4) is 0 Å². The quantitative estimate of drug-likeness (QED) is 0.523. The van der Waals surface area contributed by atoms with Gasteiger partial charge in [0.05, 0.1) is 28.7 Å². The molecule has 6 nitrogen and oxygen atoms in total. The highest BCUT2D eigenvalue weighted by atomic mass is 16.1. The highest BCUT2D eigenvalue weighted by molar-refractivity contribution is 6.04. The van der Waals surface area contributed by atoms with Crippen LogP contribution in [0.2, 0.25) is 0 Å². The zero-order chi connectivity index (χ0) is 20.2. The van der Waals surface area contributed by atoms with Gasteiger partial charge in [-0.2, -0.15) is 0 Å². The number of benzene rings is 2. The Kier molecular flexibility index (Phi) is 5.07. The monoisotopic (exact) mass is 383 g/mol. The molecule has 2 heterocycles. The molecule has 0 spiro atoms. The number of pyridine rings is 2. The van der Waals surface area contributed by atoms with Gasteiger partial charge >= 0.3 is 0 Å². The predicted octanol–water partition coefficient (Wildman–Crippen LogP) is 4.69. The molecule has 4 aromatic rings. The van der Waals surface area contributed by atoms with Crippen LogP contribution in [0.4, 0.5) is 22.7 Å². The minimum atomic E-state index is -0.213. The van der Waals surface area contributed by atoms with Crippen molar-refractivity contribution in [2.75, 3.05) is 29.6 Å². The molecular formula is C23H21N5O. The van der Waals surface area contributed by atoms with Gasteiger partial charge in [-0.25, -0.2) is 0 Å². The van der Waals surface area contributed by atoms with E-state index in [4.69, 9.17) is 0 Å². The largest absolute Gasteiger partial charge is 0.378 e. The van der Waals surface area contributed by atoms with E-state index in [1.165, 1.54) is 0 Å². The summed E-state index contributed by atoms with van der Waals surface area (Å²) < 4.78 is 0. The van der Waals surface area contributed by atoms with Gasteiger partial charge in [-0.15, -0.1) is 0 Å². The third kappa shape index (κ3) is 4.16. The average Bonchev–Trinajstić information content (AvgIpc) is 2.74. The van der Waals surface area contributed by atoms with Gasteiger partial charge in [-0.1, -0.05) is 18.2 Å². The van der Waals surface area contributed by atoms with Gasteiger partial charge in [0.2, 0.25) is 0 Å². The zero-order valence-corrected chi connectivity index (χ0v) is 16.3. The minimum absolute atomic E-state index is 0.213. The molecule has 0 atom stereocenters. The van der Waals surface area contributed by atoms with Crippen molar-refractivity contribution in [1.82, 2.24) is 9.97 Å². The number of nitrogens with zero attached hydrogens (tertiary/aromatic N) is 3. The van der Waals surface area contributed by atoms with Gasteiger partial charge in [0.25, 0.3) is 5.91 Å². The van der Waals surface area contributed by atoms with Crippen molar-refractivity contribution >= 4 is 39.6 Å². The van der Waals surface area contributed by atoms with Crippen molar-refractivity contribution in [3.05, 3.63) is 84.8 Å². The first-order chi connectivity index (χ1) is 14.1. The maximum absolute atomic E-state index is 12.6. The summed E-state index contributed by atoms with van der Waals surface area (Å²) >= 11 is 0. The molecule has 0 saturated carbocycles. The molecule has 0 radical (unpaired) electrons. The zero-order valence-electron chi connectivity index (χ0n) is 16.3. The van der Waals surface area contributed by atoms with E-state index in [1.54, 1.807) is 24.7 Å². The second kappa shape index (κ2) is 7.98. The molecule has 29 heavy (non-hydrogen) atoms. The van der Waals surface area contributed by atoms with Crippen molar-refractivity contribution in [3.63, 3.8) is 0 Å². The van der Waals surface area contributed by atoms with Crippen LogP contribution in [0.15, 0.2) is 79.3 Å². The van der Waals surface area contributed by atoms with Crippen LogP contribution in [0.1, 0.15) is 10.4 Å². The van der Waals surface area contributed by atoms with Crippen molar-refractivity contribution in [1.29, 1.82) is 0 Å². The Hall–Kier alpha value is -3.93. The van der Waals surface area contributed by atoms with Gasteiger partial charge < -0.3 is 15.5 Å². The number of para-hydroxylation sites is 1. The molecular weight excluding hydrogens is 362 g/mol. The van der Waals surface area contributed by atoms with Crippen LogP contribution in [0.5, 0.6) is 0 Å². The lowest BCUT2D eigenvalue weighted by Crippen LogP contribution is -2.13. The summed E-state index contributed by atoms with van der Waals surface area (Å²) in [7, 11) is 3.95. The summed E-state index contributed by atoms with van der Waals surface area (Å²) in [5.41, 5.74) is 4.72. The second-order valence-electron chi connectivity index (χ2n) is 6.86. The van der Waals surface area contributed by atoms with E-state index in [9.17, 15) is 4.79 Å². The van der Waals surface area contributed by atoms with Crippen molar-refractivity contribution < 1.29 is 4.79 Å². The Bertz CT molecular complexity index is 1150. The molecule has 0 aliphatic rings. The molecule has 0 aliphatic carbocycles. The molecule has 6 heteroatoms. The van der Waals surface area contributed by atoms with E-state index < -0.39 is 0 Å². The summed E-state index contributed by atoms with van der Waals surface area (Å²) in [5, 5.41) is 7.27. The van der Waals surface area contributed by atoms with Crippen LogP contribution in [-0.2, 0) is 0 Å². The van der Waals surface area contributed by atoms with Crippen LogP contribution in [-0.4, -0.2) is 30.0 Å². The van der Waals surface area contributed by atoms with Crippen LogP contribution in [0.25, 0.3) is 10.9 Å². The van der Waals surface area contributed by atoms with E-state index in [0.29, 0.717) is 5.56 Å². The first-order valence-corrected chi connectivity index (χ1v) is 9.25. The molecule has 0 fully saturated rings. The molecule has 2 aromatic heterocycles. The maximum atomic E-state index is 12.6. The first kappa shape index (κ1) is 18.4. The number of anilines is 4. The van der Waals surface area contributed by atoms with Crippen molar-refractivity contribution in [3.8, 4) is 0 Å². The van der Waals surface area contributed by atoms with E-state index in [2.05, 4.69) is 20.6 Å². The van der Waals surface area contributed by atoms with E-state index >= 15 is 0 Å². The van der Waals surface area contributed by atoms with Gasteiger partial charge in [-0.3, -0.25) is 14.8 Å². The van der Waals surface area contributed by atoms with E-state index in [1.807, 2.05) is 73.6 Å². The number of carbonyl (C=O) groups excluding carboxylic acids is 1. The lowest BCUT2D eigenvalue weighted by atomic mass is 10.2. The van der Waals surface area contributed by atoms with E-state index in [-0.39, 0.29) is 5.91 Å². The Balaban J connectivity index is 1.53. The van der Waals surface area contributed by atoms with Gasteiger partial charge in [0.15, 0.2) is 0 Å². The van der Waals surface area contributed by atoms with E-state index in [0.717, 1.165) is 33.7 Å². The number of nitrogens with one attached hydrogen (secondary N) is 2. The Morgan fingerprint density at radius 2 is 1.72 bits per heavy atom. The fraction of sp³-hybridized carbons (Fsp3) is 0.0870. The molecule has 2 aromatic carbocycles. The highest BCUT2D eigenvalue weighted by Gasteiger charge is 2.09. The number of fused-ring (bicyclic) bond motifs is 1. The molecule has 1 amide bonds. The summed E-state index contributed by atoms with van der Waals surface area (Å²) in [6.07, 6.45) is 5.00. The van der Waals surface area contributed by atoms with Crippen LogP contribution in [0, 0.1) is 0 Å². The standard InChI is InChI=1S/C23H21N5O/c1-28(2)20-10-8-18(9-11-20)27-23(29)17-13-19(15-24-14-17)26-21-7-3-5-16-6-4-12-25-22(16)21/h3-15,26H,1-2H3,(H,27,29). The van der Waals surface area contributed by atoms with Gasteiger partial charge in [0.1, 0.15) is 0 Å². The Morgan fingerprint density at radius 1 is 0.931 bits per heavy atom. The molecule has 144 valence electrons. The second-order valence-corrected chi connectivity index (χ2v) is 6.86. The number of carbonyl (C=O) groups is 1. The molecule has 0 bridgehead atoms. The normalized spacial score (nSPS) is 10.6. The summed E-state index contributed by atoms with van der Waals surface area (Å²) in [6, 6.07) is 19.3. The topological polar surface area (TPSA) is 70.2 Å². The van der Waals surface area contributed by atoms with Gasteiger partial charge in [-0.05, 0) is 42.5 Å². The van der Waals surface area contributed by atoms with Gasteiger partial charge in [0, 0.05) is 43.3 Å². The molecule has 0 unspecified atom stereocenters. The number of amides is 1. The summed E-state index contributed by atoms with van der Waals surface area (Å²) in [5.74, 6) is -0.213. The first-order valence-electron chi connectivity index (χ1n) is 9.25.